The number of nitrogens with zero attached hydrogens (tertiary/aromatic N) is 2. The first-order chi connectivity index (χ1) is 24.6. The number of benzene rings is 8. The molecule has 0 saturated heterocycles. The third-order valence-corrected chi connectivity index (χ3v) is 11.3. The van der Waals surface area contributed by atoms with Gasteiger partial charge in [0.1, 0.15) is 6.17 Å². The van der Waals surface area contributed by atoms with Crippen molar-refractivity contribution in [2.24, 2.45) is 4.99 Å². The van der Waals surface area contributed by atoms with Crippen LogP contribution in [0.2, 0.25) is 0 Å². The number of nitrogens with one attached hydrogen (secondary N) is 1. The Morgan fingerprint density at radius 3 is 1.84 bits per heavy atom. The molecule has 3 nitrogen and oxygen atoms in total. The molecule has 1 aliphatic carbocycles. The molecule has 1 unspecified atom stereocenters. The van der Waals surface area contributed by atoms with E-state index in [4.69, 9.17) is 4.99 Å². The summed E-state index contributed by atoms with van der Waals surface area (Å²) in [6.45, 7) is 4.62. The lowest BCUT2D eigenvalue weighted by atomic mass is 9.84. The van der Waals surface area contributed by atoms with Crippen molar-refractivity contribution < 1.29 is 0 Å². The van der Waals surface area contributed by atoms with Crippen LogP contribution in [-0.2, 0) is 5.41 Å². The van der Waals surface area contributed by atoms with Gasteiger partial charge in [-0.25, -0.2) is 4.99 Å². The Morgan fingerprint density at radius 2 is 1.10 bits per heavy atom. The average Bonchev–Trinajstić information content (AvgIpc) is 3.60. The van der Waals surface area contributed by atoms with E-state index in [1.54, 1.807) is 0 Å². The summed E-state index contributed by atoms with van der Waals surface area (Å²) >= 11 is 0. The van der Waals surface area contributed by atoms with Crippen LogP contribution in [0, 0.1) is 0 Å². The van der Waals surface area contributed by atoms with Crippen LogP contribution in [0.3, 0.4) is 0 Å². The molecule has 0 spiro atoms. The van der Waals surface area contributed by atoms with Crippen molar-refractivity contribution in [1.29, 1.82) is 0 Å². The standard InChI is InChI=1S/C47H33N3/c1-47(2)40-21-11-9-20-37(40)44-45(47)48-43(30-23-24-35-33-17-6-5-15-31(33)32-16-7-8-18-34(32)38(35)26-30)46(49-44)50-41-22-12-10-19-36(41)39-25-28-13-3-4-14-29(28)27-42(39)50/h3-27,46,49H,1-2H3. The van der Waals surface area contributed by atoms with E-state index in [0.29, 0.717) is 0 Å². The average molecular weight is 640 g/mol. The molecule has 11 rings (SSSR count). The number of para-hydroxylation sites is 1. The Balaban J connectivity index is 1.23. The van der Waals surface area contributed by atoms with Crippen LogP contribution >= 0.6 is 0 Å². The van der Waals surface area contributed by atoms with E-state index < -0.39 is 0 Å². The lowest BCUT2D eigenvalue weighted by Gasteiger charge is -2.32. The lowest BCUT2D eigenvalue weighted by Crippen LogP contribution is -2.37. The molecule has 3 heteroatoms. The molecule has 0 saturated carbocycles. The topological polar surface area (TPSA) is 29.3 Å². The molecule has 0 radical (unpaired) electrons. The molecular formula is C47H33N3. The van der Waals surface area contributed by atoms with Gasteiger partial charge in [0.05, 0.1) is 28.1 Å². The molecule has 1 atom stereocenters. The summed E-state index contributed by atoms with van der Waals surface area (Å²) in [7, 11) is 0. The second kappa shape index (κ2) is 9.93. The third kappa shape index (κ3) is 3.67. The quantitative estimate of drug-likeness (QED) is 0.187. The first kappa shape index (κ1) is 27.7. The maximum atomic E-state index is 5.76. The molecule has 1 aliphatic heterocycles. The maximum absolute atomic E-state index is 5.76. The van der Waals surface area contributed by atoms with E-state index in [0.717, 1.165) is 22.7 Å². The first-order valence-electron chi connectivity index (χ1n) is 17.5. The van der Waals surface area contributed by atoms with Gasteiger partial charge in [-0.05, 0) is 72.9 Å². The van der Waals surface area contributed by atoms with Crippen LogP contribution in [0.1, 0.15) is 36.7 Å². The molecule has 0 bridgehead atoms. The Kier molecular flexibility index (Phi) is 5.51. The van der Waals surface area contributed by atoms with Gasteiger partial charge >= 0.3 is 0 Å². The van der Waals surface area contributed by atoms with Crippen LogP contribution in [-0.4, -0.2) is 10.3 Å². The minimum Gasteiger partial charge on any atom is -0.358 e. The molecule has 2 heterocycles. The number of hydrogen-bond donors (Lipinski definition) is 1. The fraction of sp³-hybridized carbons (Fsp3) is 0.0851. The van der Waals surface area contributed by atoms with Crippen molar-refractivity contribution in [1.82, 2.24) is 9.88 Å². The highest BCUT2D eigenvalue weighted by Gasteiger charge is 2.42. The second-order valence-electron chi connectivity index (χ2n) is 14.4. The van der Waals surface area contributed by atoms with E-state index in [9.17, 15) is 0 Å². The van der Waals surface area contributed by atoms with E-state index in [-0.39, 0.29) is 11.6 Å². The summed E-state index contributed by atoms with van der Waals surface area (Å²) in [6, 6.07) is 55.6. The molecule has 236 valence electrons. The Hall–Kier alpha value is -6.19. The van der Waals surface area contributed by atoms with Crippen LogP contribution in [0.5, 0.6) is 0 Å². The molecule has 8 aromatic carbocycles. The minimum atomic E-state index is -0.247. The van der Waals surface area contributed by atoms with Crippen LogP contribution in [0.15, 0.2) is 162 Å². The van der Waals surface area contributed by atoms with Crippen molar-refractivity contribution in [2.75, 3.05) is 0 Å². The zero-order chi connectivity index (χ0) is 33.1. The second-order valence-corrected chi connectivity index (χ2v) is 14.4. The minimum absolute atomic E-state index is 0.244. The largest absolute Gasteiger partial charge is 0.358 e. The molecule has 0 amide bonds. The van der Waals surface area contributed by atoms with Gasteiger partial charge < -0.3 is 9.88 Å². The van der Waals surface area contributed by atoms with Crippen LogP contribution in [0.4, 0.5) is 0 Å². The number of aliphatic imine (C=N–C) groups is 1. The number of rotatable bonds is 2. The van der Waals surface area contributed by atoms with Crippen LogP contribution in [0.25, 0.3) is 70.6 Å². The summed E-state index contributed by atoms with van der Waals surface area (Å²) in [5.41, 5.74) is 9.07. The predicted octanol–water partition coefficient (Wildman–Crippen LogP) is 11.7. The zero-order valence-corrected chi connectivity index (χ0v) is 27.9. The van der Waals surface area contributed by atoms with Crippen molar-refractivity contribution in [3.8, 4) is 0 Å². The van der Waals surface area contributed by atoms with E-state index in [2.05, 4.69) is 175 Å². The SMILES string of the molecule is CC1(C)C2=C(NC(n3c4ccccc4c4cc5ccccc5cc43)C(c3ccc4c5ccccc5c5ccccc5c4c3)=N2)c2ccccc21. The van der Waals surface area contributed by atoms with Gasteiger partial charge in [-0.3, -0.25) is 0 Å². The van der Waals surface area contributed by atoms with Crippen molar-refractivity contribution in [3.05, 3.63) is 174 Å². The number of fused-ring (bicyclic) bond motifs is 12. The van der Waals surface area contributed by atoms with Gasteiger partial charge in [0, 0.05) is 27.3 Å². The van der Waals surface area contributed by atoms with Crippen LogP contribution < -0.4 is 5.32 Å². The van der Waals surface area contributed by atoms with Crippen molar-refractivity contribution in [3.63, 3.8) is 0 Å². The van der Waals surface area contributed by atoms with Crippen molar-refractivity contribution in [2.45, 2.75) is 25.4 Å². The summed E-state index contributed by atoms with van der Waals surface area (Å²) in [6.07, 6.45) is -0.247. The lowest BCUT2D eigenvalue weighted by molar-refractivity contribution is 0.588. The summed E-state index contributed by atoms with van der Waals surface area (Å²) in [4.78, 5) is 5.76. The molecule has 1 N–H and O–H groups in total. The molecule has 0 fully saturated rings. The highest BCUT2D eigenvalue weighted by molar-refractivity contribution is 6.26. The van der Waals surface area contributed by atoms with Gasteiger partial charge in [0.2, 0.25) is 0 Å². The normalized spacial score (nSPS) is 16.8. The van der Waals surface area contributed by atoms with Crippen molar-refractivity contribution >= 4 is 76.3 Å². The van der Waals surface area contributed by atoms with E-state index in [1.807, 2.05) is 0 Å². The molecular weight excluding hydrogens is 607 g/mol. The van der Waals surface area contributed by atoms with Gasteiger partial charge in [-0.2, -0.15) is 0 Å². The summed E-state index contributed by atoms with van der Waals surface area (Å²) in [5.74, 6) is 0. The predicted molar refractivity (Wildman–Crippen MR) is 211 cm³/mol. The fourth-order valence-corrected chi connectivity index (χ4v) is 8.98. The fourth-order valence-electron chi connectivity index (χ4n) is 8.98. The zero-order valence-electron chi connectivity index (χ0n) is 27.9. The third-order valence-electron chi connectivity index (χ3n) is 11.3. The van der Waals surface area contributed by atoms with Gasteiger partial charge in [0.15, 0.2) is 0 Å². The van der Waals surface area contributed by atoms with Gasteiger partial charge in [-0.15, -0.1) is 0 Å². The summed E-state index contributed by atoms with van der Waals surface area (Å²) in [5, 5.41) is 16.7. The summed E-state index contributed by atoms with van der Waals surface area (Å²) < 4.78 is 2.50. The number of allylic oxidation sites excluding steroid dienone is 1. The van der Waals surface area contributed by atoms with E-state index >= 15 is 0 Å². The van der Waals surface area contributed by atoms with Gasteiger partial charge in [0.25, 0.3) is 0 Å². The Labute approximate surface area is 289 Å². The number of hydrogen-bond acceptors (Lipinski definition) is 2. The Morgan fingerprint density at radius 1 is 0.520 bits per heavy atom. The molecule has 2 aliphatic rings. The molecule has 1 aromatic heterocycles. The monoisotopic (exact) mass is 639 g/mol. The highest BCUT2D eigenvalue weighted by Crippen LogP contribution is 2.49. The Bertz CT molecular complexity index is 2960. The van der Waals surface area contributed by atoms with Gasteiger partial charge in [-0.1, -0.05) is 141 Å². The smallest absolute Gasteiger partial charge is 0.148 e. The highest BCUT2D eigenvalue weighted by atomic mass is 15.2. The molecule has 9 aromatic rings. The molecule has 50 heavy (non-hydrogen) atoms. The maximum Gasteiger partial charge on any atom is 0.148 e. The first-order valence-corrected chi connectivity index (χ1v) is 17.5. The van der Waals surface area contributed by atoms with E-state index in [1.165, 1.54) is 76.0 Å². The number of aromatic nitrogens is 1.